The third-order valence-electron chi connectivity index (χ3n) is 1.46. The van der Waals surface area contributed by atoms with E-state index in [0.717, 1.165) is 10.6 Å². The van der Waals surface area contributed by atoms with Crippen molar-refractivity contribution in [2.75, 3.05) is 0 Å². The molecule has 2 nitrogen and oxygen atoms in total. The van der Waals surface area contributed by atoms with Crippen LogP contribution >= 0.6 is 12.6 Å². The van der Waals surface area contributed by atoms with E-state index in [-0.39, 0.29) is 0 Å². The van der Waals surface area contributed by atoms with Gasteiger partial charge in [-0.2, -0.15) is 5.11 Å². The molecule has 0 aromatic heterocycles. The molecule has 0 radical (unpaired) electrons. The molecule has 1 fully saturated rings. The molecule has 0 saturated heterocycles. The highest BCUT2D eigenvalue weighted by atomic mass is 32.1. The molecule has 0 aliphatic heterocycles. The van der Waals surface area contributed by atoms with Crippen LogP contribution in [0.4, 0.5) is 0 Å². The van der Waals surface area contributed by atoms with Gasteiger partial charge in [-0.25, -0.2) is 5.53 Å². The van der Waals surface area contributed by atoms with E-state index in [9.17, 15) is 0 Å². The van der Waals surface area contributed by atoms with Crippen LogP contribution < -0.4 is 0 Å². The molecule has 0 aromatic carbocycles. The molecule has 1 N–H and O–H groups in total. The van der Waals surface area contributed by atoms with E-state index in [1.165, 1.54) is 12.8 Å². The lowest BCUT2D eigenvalue weighted by atomic mass is 10.3. The molecule has 50 valence electrons. The van der Waals surface area contributed by atoms with Crippen LogP contribution in [0.5, 0.6) is 0 Å². The fourth-order valence-corrected chi connectivity index (χ4v) is 1.06. The monoisotopic (exact) mass is 142 g/mol. The summed E-state index contributed by atoms with van der Waals surface area (Å²) in [6, 6.07) is 0. The molecular formula is C6H10N2S. The molecule has 0 unspecified atom stereocenters. The van der Waals surface area contributed by atoms with Crippen molar-refractivity contribution in [1.82, 2.24) is 0 Å². The molecule has 0 aromatic rings. The first-order valence-electron chi connectivity index (χ1n) is 3.03. The molecule has 0 spiro atoms. The maximum Gasteiger partial charge on any atom is 0.0743 e. The van der Waals surface area contributed by atoms with E-state index < -0.39 is 0 Å². The van der Waals surface area contributed by atoms with Gasteiger partial charge in [0.05, 0.1) is 5.70 Å². The summed E-state index contributed by atoms with van der Waals surface area (Å²) in [6.45, 7) is 1.88. The molecular weight excluding hydrogens is 132 g/mol. The second-order valence-electron chi connectivity index (χ2n) is 2.36. The predicted octanol–water partition coefficient (Wildman–Crippen LogP) is 2.59. The second kappa shape index (κ2) is 2.52. The standard InChI is InChI=1S/C6H10N2S/c1-4(9)6(8-7)5-2-3-5/h5,7,9H,2-3H2,1H3/b6-4-,8-7?. The quantitative estimate of drug-likeness (QED) is 0.439. The summed E-state index contributed by atoms with van der Waals surface area (Å²) in [7, 11) is 0. The molecule has 3 heteroatoms. The van der Waals surface area contributed by atoms with Gasteiger partial charge in [-0.05, 0) is 19.8 Å². The molecule has 0 amide bonds. The van der Waals surface area contributed by atoms with Crippen LogP contribution in [0.1, 0.15) is 19.8 Å². The smallest absolute Gasteiger partial charge is 0.0743 e. The van der Waals surface area contributed by atoms with Gasteiger partial charge in [0.2, 0.25) is 0 Å². The average molecular weight is 142 g/mol. The maximum atomic E-state index is 6.78. The highest BCUT2D eigenvalue weighted by Crippen LogP contribution is 2.39. The Morgan fingerprint density at radius 1 is 1.67 bits per heavy atom. The van der Waals surface area contributed by atoms with Crippen LogP contribution in [0.15, 0.2) is 15.7 Å². The molecule has 0 atom stereocenters. The van der Waals surface area contributed by atoms with Gasteiger partial charge >= 0.3 is 0 Å². The van der Waals surface area contributed by atoms with Crippen molar-refractivity contribution < 1.29 is 0 Å². The minimum absolute atomic E-state index is 0.556. The van der Waals surface area contributed by atoms with Crippen LogP contribution in [0.3, 0.4) is 0 Å². The van der Waals surface area contributed by atoms with Crippen molar-refractivity contribution >= 4 is 12.6 Å². The summed E-state index contributed by atoms with van der Waals surface area (Å²) < 4.78 is 0. The summed E-state index contributed by atoms with van der Waals surface area (Å²) >= 11 is 4.12. The first-order chi connectivity index (χ1) is 4.25. The Labute approximate surface area is 60.3 Å². The van der Waals surface area contributed by atoms with Crippen molar-refractivity contribution in [2.45, 2.75) is 19.8 Å². The molecule has 9 heavy (non-hydrogen) atoms. The molecule has 0 bridgehead atoms. The van der Waals surface area contributed by atoms with E-state index in [1.807, 2.05) is 6.92 Å². The normalized spacial score (nSPS) is 21.1. The average Bonchev–Trinajstić information content (AvgIpc) is 2.50. The minimum Gasteiger partial charge on any atom is -0.205 e. The van der Waals surface area contributed by atoms with Crippen molar-refractivity contribution in [3.63, 3.8) is 0 Å². The number of hydrogen-bond donors (Lipinski definition) is 2. The predicted molar refractivity (Wildman–Crippen MR) is 39.6 cm³/mol. The van der Waals surface area contributed by atoms with E-state index in [0.29, 0.717) is 5.92 Å². The van der Waals surface area contributed by atoms with Crippen molar-refractivity contribution in [3.8, 4) is 0 Å². The molecule has 1 rings (SSSR count). The zero-order valence-corrected chi connectivity index (χ0v) is 6.28. The van der Waals surface area contributed by atoms with E-state index in [1.54, 1.807) is 0 Å². The molecule has 0 heterocycles. The number of nitrogens with zero attached hydrogens (tertiary/aromatic N) is 1. The molecule has 1 aliphatic rings. The summed E-state index contributed by atoms with van der Waals surface area (Å²) in [6.07, 6.45) is 2.38. The lowest BCUT2D eigenvalue weighted by Gasteiger charge is -1.95. The Morgan fingerprint density at radius 2 is 2.22 bits per heavy atom. The van der Waals surface area contributed by atoms with Gasteiger partial charge in [-0.1, -0.05) is 0 Å². The second-order valence-corrected chi connectivity index (χ2v) is 3.03. The fraction of sp³-hybridized carbons (Fsp3) is 0.667. The van der Waals surface area contributed by atoms with Crippen LogP contribution in [0.25, 0.3) is 0 Å². The Kier molecular flexibility index (Phi) is 1.90. The minimum atomic E-state index is 0.556. The van der Waals surface area contributed by atoms with Gasteiger partial charge in [0.25, 0.3) is 0 Å². The van der Waals surface area contributed by atoms with Crippen LogP contribution in [0.2, 0.25) is 0 Å². The highest BCUT2D eigenvalue weighted by molar-refractivity contribution is 7.84. The summed E-state index contributed by atoms with van der Waals surface area (Å²) in [5.41, 5.74) is 7.65. The van der Waals surface area contributed by atoms with Crippen LogP contribution in [0, 0.1) is 11.4 Å². The Balaban J connectivity index is 2.68. The van der Waals surface area contributed by atoms with Crippen molar-refractivity contribution in [2.24, 2.45) is 11.0 Å². The first-order valence-corrected chi connectivity index (χ1v) is 3.47. The van der Waals surface area contributed by atoms with Crippen molar-refractivity contribution in [3.05, 3.63) is 10.6 Å². The van der Waals surface area contributed by atoms with Crippen molar-refractivity contribution in [1.29, 1.82) is 5.53 Å². The third kappa shape index (κ3) is 1.55. The Morgan fingerprint density at radius 3 is 2.33 bits per heavy atom. The van der Waals surface area contributed by atoms with Crippen LogP contribution in [-0.4, -0.2) is 0 Å². The van der Waals surface area contributed by atoms with Gasteiger partial charge in [-0.15, -0.1) is 12.6 Å². The Hall–Kier alpha value is -0.310. The third-order valence-corrected chi connectivity index (χ3v) is 1.68. The van der Waals surface area contributed by atoms with Crippen LogP contribution in [-0.2, 0) is 0 Å². The Bertz CT molecular complexity index is 154. The maximum absolute atomic E-state index is 6.78. The summed E-state index contributed by atoms with van der Waals surface area (Å²) in [5.74, 6) is 0.556. The first kappa shape index (κ1) is 6.81. The fourth-order valence-electron chi connectivity index (χ4n) is 0.824. The topological polar surface area (TPSA) is 36.2 Å². The van der Waals surface area contributed by atoms with Gasteiger partial charge in [-0.3, -0.25) is 0 Å². The highest BCUT2D eigenvalue weighted by Gasteiger charge is 2.26. The largest absolute Gasteiger partial charge is 0.205 e. The molecule has 1 saturated carbocycles. The number of nitrogens with one attached hydrogen (secondary N) is 1. The van der Waals surface area contributed by atoms with E-state index in [2.05, 4.69) is 17.7 Å². The number of rotatable bonds is 2. The zero-order valence-electron chi connectivity index (χ0n) is 5.39. The van der Waals surface area contributed by atoms with Gasteiger partial charge in [0.15, 0.2) is 0 Å². The number of thiol groups is 1. The summed E-state index contributed by atoms with van der Waals surface area (Å²) in [4.78, 5) is 0.896. The van der Waals surface area contributed by atoms with E-state index in [4.69, 9.17) is 5.53 Å². The summed E-state index contributed by atoms with van der Waals surface area (Å²) in [5, 5.41) is 3.40. The lowest BCUT2D eigenvalue weighted by molar-refractivity contribution is 0.896. The molecule has 1 aliphatic carbocycles. The zero-order chi connectivity index (χ0) is 6.85. The number of hydrogen-bond acceptors (Lipinski definition) is 3. The number of allylic oxidation sites excluding steroid dienone is 2. The van der Waals surface area contributed by atoms with Gasteiger partial charge in [0.1, 0.15) is 0 Å². The van der Waals surface area contributed by atoms with Gasteiger partial charge < -0.3 is 0 Å². The lowest BCUT2D eigenvalue weighted by Crippen LogP contribution is -1.80. The SMILES string of the molecule is C/C(S)=C(/N=N)C1CC1. The van der Waals surface area contributed by atoms with Gasteiger partial charge in [0, 0.05) is 10.8 Å². The van der Waals surface area contributed by atoms with E-state index >= 15 is 0 Å².